The Balaban J connectivity index is 1.54. The molecule has 3 aromatic heterocycles. The number of aromatic amines is 1. The maximum absolute atomic E-state index is 12.5. The first-order valence-electron chi connectivity index (χ1n) is 7.39. The van der Waals surface area contributed by atoms with Crippen LogP contribution in [-0.2, 0) is 7.05 Å². The lowest BCUT2D eigenvalue weighted by Crippen LogP contribution is -2.48. The Bertz CT molecular complexity index is 960. The van der Waals surface area contributed by atoms with Gasteiger partial charge in [-0.25, -0.2) is 4.52 Å². The summed E-state index contributed by atoms with van der Waals surface area (Å²) >= 11 is 0. The van der Waals surface area contributed by atoms with Crippen LogP contribution in [0.3, 0.4) is 0 Å². The van der Waals surface area contributed by atoms with E-state index in [1.54, 1.807) is 22.7 Å². The molecule has 1 amide bonds. The second kappa shape index (κ2) is 4.80. The van der Waals surface area contributed by atoms with Crippen molar-refractivity contribution in [3.8, 4) is 0 Å². The third-order valence-electron chi connectivity index (χ3n) is 4.14. The summed E-state index contributed by atoms with van der Waals surface area (Å²) in [4.78, 5) is 28.8. The van der Waals surface area contributed by atoms with Crippen molar-refractivity contribution < 1.29 is 4.79 Å². The normalized spacial score (nSPS) is 15.1. The molecular weight excluding hydrogens is 296 g/mol. The van der Waals surface area contributed by atoms with Gasteiger partial charge in [0.2, 0.25) is 0 Å². The number of likely N-dealkylation sites (tertiary alicyclic amines) is 1. The highest BCUT2D eigenvalue weighted by Crippen LogP contribution is 2.26. The highest BCUT2D eigenvalue weighted by molar-refractivity contribution is 5.94. The number of aryl methyl sites for hydroxylation is 2. The molecule has 23 heavy (non-hydrogen) atoms. The number of nitrogens with one attached hydrogen (secondary N) is 1. The quantitative estimate of drug-likeness (QED) is 0.737. The van der Waals surface area contributed by atoms with E-state index < -0.39 is 0 Å². The molecule has 0 aliphatic carbocycles. The highest BCUT2D eigenvalue weighted by Gasteiger charge is 2.34. The molecule has 118 valence electrons. The Morgan fingerprint density at radius 3 is 2.83 bits per heavy atom. The monoisotopic (exact) mass is 312 g/mol. The topological polar surface area (TPSA) is 88.3 Å². The molecule has 1 aliphatic heterocycles. The molecule has 1 N–H and O–H groups in total. The Morgan fingerprint density at radius 1 is 1.35 bits per heavy atom. The zero-order valence-corrected chi connectivity index (χ0v) is 12.9. The van der Waals surface area contributed by atoms with Crippen molar-refractivity contribution in [3.63, 3.8) is 0 Å². The average Bonchev–Trinajstić information content (AvgIpc) is 3.03. The Hall–Kier alpha value is -2.90. The molecule has 1 saturated heterocycles. The van der Waals surface area contributed by atoms with E-state index in [0.29, 0.717) is 30.0 Å². The first kappa shape index (κ1) is 13.7. The summed E-state index contributed by atoms with van der Waals surface area (Å²) in [7, 11) is 1.88. The number of fused-ring (bicyclic) bond motifs is 1. The van der Waals surface area contributed by atoms with Gasteiger partial charge in [-0.1, -0.05) is 0 Å². The van der Waals surface area contributed by atoms with Gasteiger partial charge in [-0.3, -0.25) is 14.3 Å². The van der Waals surface area contributed by atoms with Crippen molar-refractivity contribution in [1.29, 1.82) is 0 Å². The number of hydrogen-bond acceptors (Lipinski definition) is 4. The minimum absolute atomic E-state index is 0.155. The molecule has 0 spiro atoms. The predicted octanol–water partition coefficient (Wildman–Crippen LogP) is 0.304. The van der Waals surface area contributed by atoms with Crippen LogP contribution in [0.25, 0.3) is 5.52 Å². The van der Waals surface area contributed by atoms with Gasteiger partial charge in [-0.05, 0) is 13.0 Å². The summed E-state index contributed by atoms with van der Waals surface area (Å²) < 4.78 is 3.22. The maximum Gasteiger partial charge on any atom is 0.274 e. The lowest BCUT2D eigenvalue weighted by Gasteiger charge is -2.37. The SMILES string of the molecule is Cc1cn2nc(C(=O)N3CC(c4ccn(C)n4)C3)cc2c(=O)[nH]1. The van der Waals surface area contributed by atoms with Gasteiger partial charge in [0.1, 0.15) is 5.52 Å². The fraction of sp³-hybridized carbons (Fsp3) is 0.333. The van der Waals surface area contributed by atoms with Crippen molar-refractivity contribution in [1.82, 2.24) is 29.3 Å². The van der Waals surface area contributed by atoms with E-state index in [-0.39, 0.29) is 17.4 Å². The summed E-state index contributed by atoms with van der Waals surface area (Å²) in [5.74, 6) is 0.112. The molecule has 4 rings (SSSR count). The van der Waals surface area contributed by atoms with E-state index >= 15 is 0 Å². The first-order valence-corrected chi connectivity index (χ1v) is 7.39. The number of nitrogens with zero attached hydrogens (tertiary/aromatic N) is 5. The first-order chi connectivity index (χ1) is 11.0. The van der Waals surface area contributed by atoms with Gasteiger partial charge >= 0.3 is 0 Å². The van der Waals surface area contributed by atoms with Crippen LogP contribution in [0.5, 0.6) is 0 Å². The van der Waals surface area contributed by atoms with Crippen molar-refractivity contribution in [3.05, 3.63) is 52.0 Å². The van der Waals surface area contributed by atoms with Gasteiger partial charge in [-0.15, -0.1) is 0 Å². The van der Waals surface area contributed by atoms with Crippen LogP contribution in [0, 0.1) is 6.92 Å². The molecule has 0 atom stereocenters. The molecule has 0 bridgehead atoms. The standard InChI is InChI=1S/C15H16N6O2/c1-9-6-21-13(14(22)16-9)5-12(18-21)15(23)20-7-10(8-20)11-3-4-19(2)17-11/h3-6,10H,7-8H2,1-2H3,(H,16,22). The molecule has 0 radical (unpaired) electrons. The second-order valence-corrected chi connectivity index (χ2v) is 5.95. The van der Waals surface area contributed by atoms with E-state index in [2.05, 4.69) is 15.2 Å². The fourth-order valence-corrected chi connectivity index (χ4v) is 2.87. The van der Waals surface area contributed by atoms with Gasteiger partial charge in [0.05, 0.1) is 5.69 Å². The molecule has 3 aromatic rings. The second-order valence-electron chi connectivity index (χ2n) is 5.95. The average molecular weight is 312 g/mol. The molecule has 8 nitrogen and oxygen atoms in total. The molecule has 1 aliphatic rings. The van der Waals surface area contributed by atoms with E-state index in [1.807, 2.05) is 19.3 Å². The number of aromatic nitrogens is 5. The number of carbonyl (C=O) groups excluding carboxylic acids is 1. The third kappa shape index (κ3) is 2.23. The smallest absolute Gasteiger partial charge is 0.274 e. The Kier molecular flexibility index (Phi) is 2.87. The molecule has 8 heteroatoms. The lowest BCUT2D eigenvalue weighted by atomic mass is 9.96. The van der Waals surface area contributed by atoms with Gasteiger partial charge in [0.15, 0.2) is 5.69 Å². The zero-order chi connectivity index (χ0) is 16.1. The summed E-state index contributed by atoms with van der Waals surface area (Å²) in [5.41, 5.74) is 2.12. The van der Waals surface area contributed by atoms with Crippen LogP contribution in [0.15, 0.2) is 29.3 Å². The van der Waals surface area contributed by atoms with Crippen molar-refractivity contribution in [2.75, 3.05) is 13.1 Å². The predicted molar refractivity (Wildman–Crippen MR) is 82.4 cm³/mol. The maximum atomic E-state index is 12.5. The number of rotatable bonds is 2. The van der Waals surface area contributed by atoms with E-state index in [9.17, 15) is 9.59 Å². The third-order valence-corrected chi connectivity index (χ3v) is 4.14. The zero-order valence-electron chi connectivity index (χ0n) is 12.9. The Labute approximate surface area is 131 Å². The van der Waals surface area contributed by atoms with E-state index in [0.717, 1.165) is 5.69 Å². The van der Waals surface area contributed by atoms with Crippen LogP contribution in [0.2, 0.25) is 0 Å². The van der Waals surface area contributed by atoms with Crippen LogP contribution < -0.4 is 5.56 Å². The van der Waals surface area contributed by atoms with Gasteiger partial charge < -0.3 is 9.88 Å². The highest BCUT2D eigenvalue weighted by atomic mass is 16.2. The van der Waals surface area contributed by atoms with Crippen LogP contribution in [0.1, 0.15) is 27.8 Å². The molecule has 0 aromatic carbocycles. The largest absolute Gasteiger partial charge is 0.336 e. The molecule has 0 saturated carbocycles. The van der Waals surface area contributed by atoms with Gasteiger partial charge in [0, 0.05) is 50.2 Å². The van der Waals surface area contributed by atoms with E-state index in [1.165, 1.54) is 10.6 Å². The number of carbonyl (C=O) groups is 1. The minimum atomic E-state index is -0.244. The number of amides is 1. The summed E-state index contributed by atoms with van der Waals surface area (Å²) in [5, 5.41) is 8.59. The fourth-order valence-electron chi connectivity index (χ4n) is 2.87. The van der Waals surface area contributed by atoms with E-state index in [4.69, 9.17) is 0 Å². The van der Waals surface area contributed by atoms with Gasteiger partial charge in [-0.2, -0.15) is 10.2 Å². The lowest BCUT2D eigenvalue weighted by molar-refractivity contribution is 0.0591. The van der Waals surface area contributed by atoms with Crippen LogP contribution in [-0.4, -0.2) is 48.3 Å². The van der Waals surface area contributed by atoms with Crippen molar-refractivity contribution in [2.45, 2.75) is 12.8 Å². The van der Waals surface area contributed by atoms with Crippen molar-refractivity contribution >= 4 is 11.4 Å². The van der Waals surface area contributed by atoms with Gasteiger partial charge in [0.25, 0.3) is 11.5 Å². The summed E-state index contributed by atoms with van der Waals surface area (Å²) in [6, 6.07) is 3.51. The summed E-state index contributed by atoms with van der Waals surface area (Å²) in [6.07, 6.45) is 3.59. The molecule has 4 heterocycles. The minimum Gasteiger partial charge on any atom is -0.336 e. The molecule has 1 fully saturated rings. The van der Waals surface area contributed by atoms with Crippen molar-refractivity contribution in [2.24, 2.45) is 7.05 Å². The number of hydrogen-bond donors (Lipinski definition) is 1. The van der Waals surface area contributed by atoms with Crippen LogP contribution >= 0.6 is 0 Å². The summed E-state index contributed by atoms with van der Waals surface area (Å²) in [6.45, 7) is 3.02. The Morgan fingerprint density at radius 2 is 2.13 bits per heavy atom. The van der Waals surface area contributed by atoms with Crippen LogP contribution in [0.4, 0.5) is 0 Å². The number of H-pyrrole nitrogens is 1. The molecular formula is C15H16N6O2. The molecule has 0 unspecified atom stereocenters.